The van der Waals surface area contributed by atoms with Gasteiger partial charge in [0.1, 0.15) is 5.76 Å². The van der Waals surface area contributed by atoms with Crippen molar-refractivity contribution in [1.82, 2.24) is 0 Å². The lowest BCUT2D eigenvalue weighted by molar-refractivity contribution is 0.334. The summed E-state index contributed by atoms with van der Waals surface area (Å²) in [5.74, 6) is 1.03. The van der Waals surface area contributed by atoms with E-state index in [0.29, 0.717) is 6.54 Å². The van der Waals surface area contributed by atoms with Crippen LogP contribution >= 0.6 is 15.9 Å². The predicted molar refractivity (Wildman–Crippen MR) is 57.7 cm³/mol. The molecule has 1 heterocycles. The maximum absolute atomic E-state index is 5.66. The molecule has 0 radical (unpaired) electrons. The zero-order valence-corrected chi connectivity index (χ0v) is 9.94. The van der Waals surface area contributed by atoms with Crippen molar-refractivity contribution < 1.29 is 4.42 Å². The molecule has 0 saturated heterocycles. The SMILES string of the molecule is Cc1cc(Br)oc1CC(C)(C)CN. The zero-order valence-electron chi connectivity index (χ0n) is 8.36. The summed E-state index contributed by atoms with van der Waals surface area (Å²) in [6, 6.07) is 1.99. The van der Waals surface area contributed by atoms with Crippen LogP contribution in [0.5, 0.6) is 0 Å². The molecule has 0 aliphatic carbocycles. The molecule has 0 saturated carbocycles. The summed E-state index contributed by atoms with van der Waals surface area (Å²) in [4.78, 5) is 0. The van der Waals surface area contributed by atoms with Crippen LogP contribution in [0.15, 0.2) is 15.2 Å². The molecule has 0 aliphatic heterocycles. The molecule has 0 bridgehead atoms. The molecule has 0 amide bonds. The van der Waals surface area contributed by atoms with Crippen LogP contribution in [0.3, 0.4) is 0 Å². The van der Waals surface area contributed by atoms with Crippen molar-refractivity contribution in [1.29, 1.82) is 0 Å². The van der Waals surface area contributed by atoms with E-state index in [2.05, 4.69) is 36.7 Å². The molecule has 2 nitrogen and oxygen atoms in total. The summed E-state index contributed by atoms with van der Waals surface area (Å²) in [5.41, 5.74) is 6.96. The molecule has 0 aromatic carbocycles. The second-order valence-corrected chi connectivity index (χ2v) is 4.98. The predicted octanol–water partition coefficient (Wildman–Crippen LogP) is 2.88. The molecule has 74 valence electrons. The minimum atomic E-state index is 0.113. The number of hydrogen-bond acceptors (Lipinski definition) is 2. The third-order valence-electron chi connectivity index (χ3n) is 2.18. The summed E-state index contributed by atoms with van der Waals surface area (Å²) in [6.45, 7) is 7.01. The lowest BCUT2D eigenvalue weighted by Crippen LogP contribution is -2.25. The molecule has 1 rings (SSSR count). The topological polar surface area (TPSA) is 39.2 Å². The summed E-state index contributed by atoms with van der Waals surface area (Å²) in [6.07, 6.45) is 0.890. The fraction of sp³-hybridized carbons (Fsp3) is 0.600. The molecule has 2 N–H and O–H groups in total. The summed E-state index contributed by atoms with van der Waals surface area (Å²) >= 11 is 3.31. The highest BCUT2D eigenvalue weighted by Gasteiger charge is 2.19. The monoisotopic (exact) mass is 245 g/mol. The molecule has 0 aliphatic rings. The highest BCUT2D eigenvalue weighted by atomic mass is 79.9. The van der Waals surface area contributed by atoms with Crippen LogP contribution in [0.4, 0.5) is 0 Å². The molecular formula is C10H16BrNO. The van der Waals surface area contributed by atoms with Gasteiger partial charge in [0.25, 0.3) is 0 Å². The highest BCUT2D eigenvalue weighted by Crippen LogP contribution is 2.26. The second kappa shape index (κ2) is 3.84. The normalized spacial score (nSPS) is 12.1. The number of furan rings is 1. The Morgan fingerprint density at radius 1 is 1.54 bits per heavy atom. The number of halogens is 1. The van der Waals surface area contributed by atoms with Crippen LogP contribution in [0.2, 0.25) is 0 Å². The van der Waals surface area contributed by atoms with Crippen LogP contribution in [0, 0.1) is 12.3 Å². The van der Waals surface area contributed by atoms with E-state index < -0.39 is 0 Å². The average molecular weight is 246 g/mol. The Kier molecular flexibility index (Phi) is 3.19. The molecule has 0 atom stereocenters. The molecular weight excluding hydrogens is 230 g/mol. The van der Waals surface area contributed by atoms with Crippen molar-refractivity contribution in [3.05, 3.63) is 22.1 Å². The molecule has 1 aromatic rings. The van der Waals surface area contributed by atoms with Gasteiger partial charge in [-0.25, -0.2) is 0 Å². The number of aryl methyl sites for hydroxylation is 1. The lowest BCUT2D eigenvalue weighted by Gasteiger charge is -2.20. The van der Waals surface area contributed by atoms with E-state index in [1.54, 1.807) is 0 Å². The molecule has 0 fully saturated rings. The maximum Gasteiger partial charge on any atom is 0.169 e. The van der Waals surface area contributed by atoms with Gasteiger partial charge >= 0.3 is 0 Å². The van der Waals surface area contributed by atoms with Crippen molar-refractivity contribution in [2.45, 2.75) is 27.2 Å². The number of rotatable bonds is 3. The third-order valence-corrected chi connectivity index (χ3v) is 2.57. The molecule has 13 heavy (non-hydrogen) atoms. The fourth-order valence-electron chi connectivity index (χ4n) is 1.16. The van der Waals surface area contributed by atoms with Crippen molar-refractivity contribution in [2.24, 2.45) is 11.1 Å². The van der Waals surface area contributed by atoms with Crippen LogP contribution in [-0.2, 0) is 6.42 Å². The highest BCUT2D eigenvalue weighted by molar-refractivity contribution is 9.10. The Morgan fingerprint density at radius 3 is 2.54 bits per heavy atom. The average Bonchev–Trinajstić information content (AvgIpc) is 2.30. The molecule has 3 heteroatoms. The van der Waals surface area contributed by atoms with Crippen LogP contribution in [0.25, 0.3) is 0 Å². The number of hydrogen-bond donors (Lipinski definition) is 1. The van der Waals surface area contributed by atoms with E-state index in [1.807, 2.05) is 6.07 Å². The van der Waals surface area contributed by atoms with Crippen LogP contribution in [-0.4, -0.2) is 6.54 Å². The molecule has 1 aromatic heterocycles. The first-order valence-electron chi connectivity index (χ1n) is 4.39. The van der Waals surface area contributed by atoms with Gasteiger partial charge in [0.15, 0.2) is 4.67 Å². The van der Waals surface area contributed by atoms with E-state index in [-0.39, 0.29) is 5.41 Å². The minimum Gasteiger partial charge on any atom is -0.454 e. The van der Waals surface area contributed by atoms with Crippen molar-refractivity contribution >= 4 is 15.9 Å². The maximum atomic E-state index is 5.66. The van der Waals surface area contributed by atoms with Gasteiger partial charge in [0, 0.05) is 6.42 Å². The Balaban J connectivity index is 2.79. The van der Waals surface area contributed by atoms with Crippen LogP contribution in [0.1, 0.15) is 25.2 Å². The molecule has 0 unspecified atom stereocenters. The van der Waals surface area contributed by atoms with E-state index >= 15 is 0 Å². The van der Waals surface area contributed by atoms with Gasteiger partial charge in [-0.2, -0.15) is 0 Å². The Bertz CT molecular complexity index is 291. The second-order valence-electron chi connectivity index (χ2n) is 4.20. The minimum absolute atomic E-state index is 0.113. The first-order valence-corrected chi connectivity index (χ1v) is 5.19. The smallest absolute Gasteiger partial charge is 0.169 e. The van der Waals surface area contributed by atoms with Gasteiger partial charge in [0.2, 0.25) is 0 Å². The van der Waals surface area contributed by atoms with Crippen molar-refractivity contribution in [2.75, 3.05) is 6.54 Å². The summed E-state index contributed by atoms with van der Waals surface area (Å²) in [5, 5.41) is 0. The Labute approximate surface area is 87.6 Å². The van der Waals surface area contributed by atoms with Crippen molar-refractivity contribution in [3.63, 3.8) is 0 Å². The van der Waals surface area contributed by atoms with Gasteiger partial charge in [-0.1, -0.05) is 13.8 Å². The summed E-state index contributed by atoms with van der Waals surface area (Å²) in [7, 11) is 0. The summed E-state index contributed by atoms with van der Waals surface area (Å²) < 4.78 is 6.31. The Hall–Kier alpha value is -0.280. The van der Waals surface area contributed by atoms with E-state index in [0.717, 1.165) is 16.9 Å². The fourth-order valence-corrected chi connectivity index (χ4v) is 1.70. The van der Waals surface area contributed by atoms with Crippen LogP contribution < -0.4 is 5.73 Å². The van der Waals surface area contributed by atoms with Gasteiger partial charge < -0.3 is 10.2 Å². The van der Waals surface area contributed by atoms with E-state index in [4.69, 9.17) is 10.2 Å². The Morgan fingerprint density at radius 2 is 2.15 bits per heavy atom. The lowest BCUT2D eigenvalue weighted by atomic mass is 9.88. The van der Waals surface area contributed by atoms with Gasteiger partial charge in [0.05, 0.1) is 0 Å². The molecule has 0 spiro atoms. The van der Waals surface area contributed by atoms with E-state index in [9.17, 15) is 0 Å². The van der Waals surface area contributed by atoms with Gasteiger partial charge in [-0.15, -0.1) is 0 Å². The first kappa shape index (κ1) is 10.8. The van der Waals surface area contributed by atoms with Crippen molar-refractivity contribution in [3.8, 4) is 0 Å². The third kappa shape index (κ3) is 2.85. The van der Waals surface area contributed by atoms with E-state index in [1.165, 1.54) is 5.56 Å². The quantitative estimate of drug-likeness (QED) is 0.890. The zero-order chi connectivity index (χ0) is 10.1. The van der Waals surface area contributed by atoms with Gasteiger partial charge in [-0.05, 0) is 46.4 Å². The first-order chi connectivity index (χ1) is 5.94. The van der Waals surface area contributed by atoms with Gasteiger partial charge in [-0.3, -0.25) is 0 Å². The largest absolute Gasteiger partial charge is 0.454 e. The standard InChI is InChI=1S/C10H16BrNO/c1-7-4-9(11)13-8(7)5-10(2,3)6-12/h4H,5-6,12H2,1-3H3. The number of nitrogens with two attached hydrogens (primary N) is 1.